The quantitative estimate of drug-likeness (QED) is 0.706. The van der Waals surface area contributed by atoms with Crippen LogP contribution >= 0.6 is 0 Å². The van der Waals surface area contributed by atoms with Crippen molar-refractivity contribution >= 4 is 11.6 Å². The molecular formula is C21H28O6. The van der Waals surface area contributed by atoms with Crippen LogP contribution in [0.1, 0.15) is 53.4 Å². The lowest BCUT2D eigenvalue weighted by Crippen LogP contribution is -2.66. The zero-order chi connectivity index (χ0) is 19.4. The van der Waals surface area contributed by atoms with Crippen LogP contribution in [0.2, 0.25) is 0 Å². The topological polar surface area (TPSA) is 85.4 Å². The molecule has 0 bridgehead atoms. The Bertz CT molecular complexity index is 773. The lowest BCUT2D eigenvalue weighted by molar-refractivity contribution is -0.211. The van der Waals surface area contributed by atoms with Crippen LogP contribution in [0, 0.1) is 22.7 Å². The van der Waals surface area contributed by atoms with Gasteiger partial charge < -0.3 is 19.3 Å². The molecule has 0 aromatic carbocycles. The number of carbonyl (C=O) groups is 2. The largest absolute Gasteiger partial charge is 0.462 e. The van der Waals surface area contributed by atoms with E-state index in [2.05, 4.69) is 0 Å². The number of rotatable bonds is 1. The van der Waals surface area contributed by atoms with E-state index in [9.17, 15) is 14.7 Å². The van der Waals surface area contributed by atoms with Gasteiger partial charge in [0.2, 0.25) is 0 Å². The highest BCUT2D eigenvalue weighted by Crippen LogP contribution is 2.67. The summed E-state index contributed by atoms with van der Waals surface area (Å²) in [6, 6.07) is 0. The maximum Gasteiger partial charge on any atom is 0.286 e. The zero-order valence-electron chi connectivity index (χ0n) is 16.4. The van der Waals surface area contributed by atoms with Crippen LogP contribution in [0.3, 0.4) is 0 Å². The van der Waals surface area contributed by atoms with Gasteiger partial charge in [-0.25, -0.2) is 0 Å². The van der Waals surface area contributed by atoms with Gasteiger partial charge in [-0.1, -0.05) is 13.8 Å². The number of fused-ring (bicyclic) bond motifs is 4. The van der Waals surface area contributed by atoms with Crippen molar-refractivity contribution in [2.45, 2.75) is 77.3 Å². The molecule has 1 saturated heterocycles. The molecule has 3 heterocycles. The molecule has 5 rings (SSSR count). The molecule has 8 atom stereocenters. The number of ketones is 2. The predicted octanol–water partition coefficient (Wildman–Crippen LogP) is 2.14. The standard InChI is InChI=1S/C21H28O6/c1-10-7-12(23)11-8-14-20(3,27-18(11)25-10)6-5-13-19(2,9-22)17-15(26-17)16(24)21(13,14)4/h10,13-15,17,22H,5-9H2,1-4H3. The second-order valence-electron chi connectivity index (χ2n) is 9.87. The minimum atomic E-state index is -0.690. The molecule has 8 unspecified atom stereocenters. The molecule has 0 radical (unpaired) electrons. The smallest absolute Gasteiger partial charge is 0.286 e. The van der Waals surface area contributed by atoms with E-state index in [0.717, 1.165) is 12.8 Å². The predicted molar refractivity (Wildman–Crippen MR) is 94.5 cm³/mol. The Balaban J connectivity index is 1.60. The van der Waals surface area contributed by atoms with E-state index in [0.29, 0.717) is 24.4 Å². The summed E-state index contributed by atoms with van der Waals surface area (Å²) in [5.41, 5.74) is -1.10. The fourth-order valence-electron chi connectivity index (χ4n) is 6.70. The zero-order valence-corrected chi connectivity index (χ0v) is 16.4. The van der Waals surface area contributed by atoms with Crippen LogP contribution in [0.15, 0.2) is 11.5 Å². The molecule has 148 valence electrons. The normalized spacial score (nSPS) is 53.4. The van der Waals surface area contributed by atoms with E-state index in [1.54, 1.807) is 0 Å². The van der Waals surface area contributed by atoms with E-state index >= 15 is 0 Å². The average molecular weight is 376 g/mol. The minimum absolute atomic E-state index is 0.000498. The number of allylic oxidation sites excluding steroid dienone is 1. The molecule has 0 amide bonds. The summed E-state index contributed by atoms with van der Waals surface area (Å²) >= 11 is 0. The summed E-state index contributed by atoms with van der Waals surface area (Å²) < 4.78 is 17.9. The molecule has 2 aliphatic carbocycles. The van der Waals surface area contributed by atoms with E-state index in [1.165, 1.54) is 0 Å². The first kappa shape index (κ1) is 17.7. The van der Waals surface area contributed by atoms with Crippen LogP contribution in [0.5, 0.6) is 0 Å². The third-order valence-electron chi connectivity index (χ3n) is 8.28. The number of ether oxygens (including phenoxy) is 3. The Morgan fingerprint density at radius 3 is 2.59 bits per heavy atom. The van der Waals surface area contributed by atoms with Crippen LogP contribution in [-0.4, -0.2) is 47.2 Å². The molecule has 3 aliphatic heterocycles. The van der Waals surface area contributed by atoms with E-state index in [1.807, 2.05) is 27.7 Å². The number of hydrogen-bond donors (Lipinski definition) is 1. The van der Waals surface area contributed by atoms with Gasteiger partial charge in [-0.15, -0.1) is 0 Å². The first-order valence-electron chi connectivity index (χ1n) is 10.1. The van der Waals surface area contributed by atoms with Crippen LogP contribution in [0.4, 0.5) is 0 Å². The Hall–Kier alpha value is -1.40. The highest BCUT2D eigenvalue weighted by Gasteiger charge is 2.75. The van der Waals surface area contributed by atoms with Crippen molar-refractivity contribution in [1.82, 2.24) is 0 Å². The molecule has 1 N–H and O–H groups in total. The lowest BCUT2D eigenvalue weighted by Gasteiger charge is -2.61. The lowest BCUT2D eigenvalue weighted by atomic mass is 9.44. The Morgan fingerprint density at radius 1 is 1.15 bits per heavy atom. The van der Waals surface area contributed by atoms with Gasteiger partial charge in [-0.3, -0.25) is 9.59 Å². The highest BCUT2D eigenvalue weighted by atomic mass is 16.7. The van der Waals surface area contributed by atoms with Gasteiger partial charge in [-0.2, -0.15) is 0 Å². The van der Waals surface area contributed by atoms with Crippen LogP contribution in [0.25, 0.3) is 0 Å². The average Bonchev–Trinajstić information content (AvgIpc) is 3.40. The summed E-state index contributed by atoms with van der Waals surface area (Å²) in [5, 5.41) is 10.2. The fraction of sp³-hybridized carbons (Fsp3) is 0.810. The SMILES string of the molecule is CC1CC(=O)C2=C(O1)OC1(C)CCC3C(C)(CO)C4OC4C(=O)C3(C)C1C2. The van der Waals surface area contributed by atoms with E-state index in [4.69, 9.17) is 14.2 Å². The third kappa shape index (κ3) is 2.03. The number of epoxide rings is 1. The summed E-state index contributed by atoms with van der Waals surface area (Å²) in [6.07, 6.45) is 1.59. The first-order chi connectivity index (χ1) is 12.6. The molecule has 6 heteroatoms. The van der Waals surface area contributed by atoms with Gasteiger partial charge in [0.25, 0.3) is 5.95 Å². The van der Waals surface area contributed by atoms with Crippen molar-refractivity contribution in [2.75, 3.05) is 6.61 Å². The van der Waals surface area contributed by atoms with Gasteiger partial charge in [0.15, 0.2) is 11.6 Å². The van der Waals surface area contributed by atoms with Gasteiger partial charge in [-0.05, 0) is 39.0 Å². The Kier molecular flexibility index (Phi) is 3.37. The molecule has 0 aromatic rings. The maximum atomic E-state index is 13.4. The Labute approximate surface area is 159 Å². The van der Waals surface area contributed by atoms with E-state index < -0.39 is 22.5 Å². The summed E-state index contributed by atoms with van der Waals surface area (Å²) in [7, 11) is 0. The molecule has 5 aliphatic rings. The second-order valence-corrected chi connectivity index (χ2v) is 9.87. The van der Waals surface area contributed by atoms with Crippen molar-refractivity contribution in [3.8, 4) is 0 Å². The number of aliphatic hydroxyl groups excluding tert-OH is 1. The van der Waals surface area contributed by atoms with Gasteiger partial charge in [0.1, 0.15) is 17.8 Å². The maximum absolute atomic E-state index is 13.4. The van der Waals surface area contributed by atoms with Gasteiger partial charge >= 0.3 is 0 Å². The molecule has 6 nitrogen and oxygen atoms in total. The molecular weight excluding hydrogens is 348 g/mol. The highest BCUT2D eigenvalue weighted by molar-refractivity contribution is 5.97. The number of Topliss-reactive ketones (excluding diaryl/α,β-unsaturated/α-hetero) is 2. The van der Waals surface area contributed by atoms with Gasteiger partial charge in [0.05, 0.1) is 18.3 Å². The molecule has 27 heavy (non-hydrogen) atoms. The first-order valence-corrected chi connectivity index (χ1v) is 10.1. The summed E-state index contributed by atoms with van der Waals surface area (Å²) in [4.78, 5) is 26.1. The van der Waals surface area contributed by atoms with Crippen LogP contribution < -0.4 is 0 Å². The fourth-order valence-corrected chi connectivity index (χ4v) is 6.70. The molecule has 0 aromatic heterocycles. The second kappa shape index (κ2) is 5.15. The summed E-state index contributed by atoms with van der Waals surface area (Å²) in [6.45, 7) is 7.97. The van der Waals surface area contributed by atoms with Crippen molar-refractivity contribution in [1.29, 1.82) is 0 Å². The van der Waals surface area contributed by atoms with Crippen molar-refractivity contribution < 1.29 is 28.9 Å². The number of carbonyl (C=O) groups excluding carboxylic acids is 2. The number of hydrogen-bond acceptors (Lipinski definition) is 6. The monoisotopic (exact) mass is 376 g/mol. The Morgan fingerprint density at radius 2 is 1.89 bits per heavy atom. The van der Waals surface area contributed by atoms with Crippen molar-refractivity contribution in [3.05, 3.63) is 11.5 Å². The van der Waals surface area contributed by atoms with Crippen molar-refractivity contribution in [3.63, 3.8) is 0 Å². The minimum Gasteiger partial charge on any atom is -0.462 e. The van der Waals surface area contributed by atoms with E-state index in [-0.39, 0.29) is 42.2 Å². The number of aliphatic hydroxyl groups is 1. The summed E-state index contributed by atoms with van der Waals surface area (Å²) in [5.74, 6) is 0.420. The molecule has 3 fully saturated rings. The molecule has 2 saturated carbocycles. The van der Waals surface area contributed by atoms with Gasteiger partial charge in [0, 0.05) is 23.2 Å². The third-order valence-corrected chi connectivity index (χ3v) is 8.28. The van der Waals surface area contributed by atoms with Crippen molar-refractivity contribution in [2.24, 2.45) is 22.7 Å². The molecule has 0 spiro atoms. The van der Waals surface area contributed by atoms with Crippen LogP contribution in [-0.2, 0) is 23.8 Å².